The van der Waals surface area contributed by atoms with E-state index in [1.807, 2.05) is 24.4 Å². The summed E-state index contributed by atoms with van der Waals surface area (Å²) in [6.07, 6.45) is 3.49. The molecule has 0 fully saturated rings. The lowest BCUT2D eigenvalue weighted by Crippen LogP contribution is -2.16. The van der Waals surface area contributed by atoms with E-state index in [1.54, 1.807) is 24.4 Å². The Kier molecular flexibility index (Phi) is 4.43. The van der Waals surface area contributed by atoms with Gasteiger partial charge in [0.1, 0.15) is 11.6 Å². The Labute approximate surface area is 159 Å². The molecule has 0 atom stereocenters. The predicted octanol–water partition coefficient (Wildman–Crippen LogP) is 3.99. The second-order valence-corrected chi connectivity index (χ2v) is 6.55. The molecule has 4 rings (SSSR count). The van der Waals surface area contributed by atoms with Crippen LogP contribution in [0.15, 0.2) is 59.7 Å². The third kappa shape index (κ3) is 3.05. The van der Waals surface area contributed by atoms with Crippen molar-refractivity contribution in [2.24, 2.45) is 0 Å². The van der Waals surface area contributed by atoms with Gasteiger partial charge in [0.25, 0.3) is 5.56 Å². The normalized spacial score (nSPS) is 11.1. The molecule has 28 heavy (non-hydrogen) atoms. The first-order chi connectivity index (χ1) is 13.5. The van der Waals surface area contributed by atoms with Crippen LogP contribution in [0.25, 0.3) is 11.3 Å². The number of aryl methyl sites for hydroxylation is 2. The molecule has 0 spiro atoms. The van der Waals surface area contributed by atoms with Crippen molar-refractivity contribution in [1.82, 2.24) is 14.0 Å². The van der Waals surface area contributed by atoms with Gasteiger partial charge >= 0.3 is 0 Å². The molecule has 3 heterocycles. The second kappa shape index (κ2) is 6.92. The van der Waals surface area contributed by atoms with Crippen molar-refractivity contribution in [3.8, 4) is 5.69 Å². The SMILES string of the molecule is Cc1nc2c(NCc3c(F)cccc3F)cc(-n3ccccc3=O)cn2c1C. The largest absolute Gasteiger partial charge is 0.378 e. The molecule has 0 unspecified atom stereocenters. The van der Waals surface area contributed by atoms with E-state index in [0.29, 0.717) is 17.0 Å². The van der Waals surface area contributed by atoms with Crippen LogP contribution in [0.3, 0.4) is 0 Å². The van der Waals surface area contributed by atoms with Gasteiger partial charge in [-0.15, -0.1) is 0 Å². The Morgan fingerprint density at radius 2 is 1.82 bits per heavy atom. The highest BCUT2D eigenvalue weighted by Gasteiger charge is 2.14. The van der Waals surface area contributed by atoms with Gasteiger partial charge in [0.05, 0.1) is 17.1 Å². The number of nitrogens with zero attached hydrogens (tertiary/aromatic N) is 3. The van der Waals surface area contributed by atoms with Crippen LogP contribution in [0.2, 0.25) is 0 Å². The number of rotatable bonds is 4. The molecule has 0 amide bonds. The van der Waals surface area contributed by atoms with E-state index in [0.717, 1.165) is 11.4 Å². The topological polar surface area (TPSA) is 51.3 Å². The molecule has 5 nitrogen and oxygen atoms in total. The average molecular weight is 380 g/mol. The van der Waals surface area contributed by atoms with Gasteiger partial charge in [0, 0.05) is 36.3 Å². The minimum atomic E-state index is -0.616. The Hall–Kier alpha value is -3.48. The highest BCUT2D eigenvalue weighted by Crippen LogP contribution is 2.24. The number of halogens is 2. The average Bonchev–Trinajstić information content (AvgIpc) is 2.96. The van der Waals surface area contributed by atoms with Crippen LogP contribution < -0.4 is 10.9 Å². The summed E-state index contributed by atoms with van der Waals surface area (Å²) in [5.41, 5.74) is 3.34. The number of fused-ring (bicyclic) bond motifs is 1. The summed E-state index contributed by atoms with van der Waals surface area (Å²) >= 11 is 0. The first-order valence-electron chi connectivity index (χ1n) is 8.80. The first kappa shape index (κ1) is 17.9. The van der Waals surface area contributed by atoms with Crippen molar-refractivity contribution >= 4 is 11.3 Å². The highest BCUT2D eigenvalue weighted by molar-refractivity contribution is 5.71. The van der Waals surface area contributed by atoms with E-state index in [4.69, 9.17) is 0 Å². The quantitative estimate of drug-likeness (QED) is 0.582. The van der Waals surface area contributed by atoms with E-state index in [1.165, 1.54) is 28.8 Å². The molecular formula is C21H18F2N4O. The zero-order valence-electron chi connectivity index (χ0n) is 15.4. The molecule has 0 saturated heterocycles. The predicted molar refractivity (Wildman–Crippen MR) is 104 cm³/mol. The minimum Gasteiger partial charge on any atom is -0.378 e. The maximum absolute atomic E-state index is 14.0. The summed E-state index contributed by atoms with van der Waals surface area (Å²) in [4.78, 5) is 16.8. The Morgan fingerprint density at radius 3 is 2.54 bits per heavy atom. The summed E-state index contributed by atoms with van der Waals surface area (Å²) < 4.78 is 31.3. The van der Waals surface area contributed by atoms with E-state index < -0.39 is 11.6 Å². The third-order valence-electron chi connectivity index (χ3n) is 4.80. The lowest BCUT2D eigenvalue weighted by Gasteiger charge is -2.13. The molecule has 1 N–H and O–H groups in total. The van der Waals surface area contributed by atoms with Gasteiger partial charge in [-0.05, 0) is 38.1 Å². The molecule has 1 aromatic carbocycles. The summed E-state index contributed by atoms with van der Waals surface area (Å²) in [5, 5.41) is 3.08. The molecule has 4 aromatic rings. The van der Waals surface area contributed by atoms with Crippen LogP contribution in [0, 0.1) is 25.5 Å². The highest BCUT2D eigenvalue weighted by atomic mass is 19.1. The molecule has 0 saturated carbocycles. The Morgan fingerprint density at radius 1 is 1.07 bits per heavy atom. The van der Waals surface area contributed by atoms with Crippen molar-refractivity contribution in [1.29, 1.82) is 0 Å². The Bertz CT molecular complexity index is 1220. The van der Waals surface area contributed by atoms with Crippen LogP contribution in [0.4, 0.5) is 14.5 Å². The third-order valence-corrected chi connectivity index (χ3v) is 4.80. The second-order valence-electron chi connectivity index (χ2n) is 6.55. The molecule has 142 valence electrons. The maximum atomic E-state index is 14.0. The van der Waals surface area contributed by atoms with Gasteiger partial charge in [0.2, 0.25) is 0 Å². The molecule has 0 radical (unpaired) electrons. The van der Waals surface area contributed by atoms with E-state index in [2.05, 4.69) is 10.3 Å². The molecule has 0 aliphatic carbocycles. The summed E-state index contributed by atoms with van der Waals surface area (Å²) in [5.74, 6) is -1.23. The summed E-state index contributed by atoms with van der Waals surface area (Å²) in [6, 6.07) is 10.4. The van der Waals surface area contributed by atoms with Gasteiger partial charge in [-0.25, -0.2) is 13.8 Å². The molecule has 0 bridgehead atoms. The number of imidazole rings is 1. The van der Waals surface area contributed by atoms with Gasteiger partial charge in [-0.2, -0.15) is 0 Å². The fourth-order valence-electron chi connectivity index (χ4n) is 3.14. The lowest BCUT2D eigenvalue weighted by atomic mass is 10.2. The molecule has 0 aliphatic rings. The monoisotopic (exact) mass is 380 g/mol. The van der Waals surface area contributed by atoms with Gasteiger partial charge in [-0.1, -0.05) is 12.1 Å². The van der Waals surface area contributed by atoms with Crippen molar-refractivity contribution in [2.45, 2.75) is 20.4 Å². The zero-order chi connectivity index (χ0) is 19.8. The number of benzene rings is 1. The Balaban J connectivity index is 1.84. The van der Waals surface area contributed by atoms with Crippen molar-refractivity contribution < 1.29 is 8.78 Å². The van der Waals surface area contributed by atoms with Gasteiger partial charge < -0.3 is 9.72 Å². The van der Waals surface area contributed by atoms with Crippen LogP contribution in [-0.2, 0) is 6.54 Å². The summed E-state index contributed by atoms with van der Waals surface area (Å²) in [7, 11) is 0. The van der Waals surface area contributed by atoms with Crippen LogP contribution >= 0.6 is 0 Å². The minimum absolute atomic E-state index is 0.0493. The van der Waals surface area contributed by atoms with Crippen LogP contribution in [0.5, 0.6) is 0 Å². The maximum Gasteiger partial charge on any atom is 0.255 e. The standard InChI is InChI=1S/C21H18F2N4O/c1-13-14(2)27-12-15(26-9-4-3-8-20(26)28)10-19(21(27)25-13)24-11-16-17(22)6-5-7-18(16)23/h3-10,12,24H,11H2,1-2H3. The smallest absolute Gasteiger partial charge is 0.255 e. The lowest BCUT2D eigenvalue weighted by molar-refractivity contribution is 0.560. The van der Waals surface area contributed by atoms with E-state index in [-0.39, 0.29) is 17.7 Å². The van der Waals surface area contributed by atoms with Gasteiger partial charge in [-0.3, -0.25) is 9.36 Å². The van der Waals surface area contributed by atoms with E-state index >= 15 is 0 Å². The van der Waals surface area contributed by atoms with Crippen LogP contribution in [-0.4, -0.2) is 14.0 Å². The van der Waals surface area contributed by atoms with Gasteiger partial charge in [0.15, 0.2) is 5.65 Å². The first-order valence-corrected chi connectivity index (χ1v) is 8.80. The van der Waals surface area contributed by atoms with Crippen LogP contribution in [0.1, 0.15) is 17.0 Å². The fraction of sp³-hybridized carbons (Fsp3) is 0.143. The number of hydrogen-bond donors (Lipinski definition) is 1. The molecule has 3 aromatic heterocycles. The molecule has 7 heteroatoms. The number of nitrogens with one attached hydrogen (secondary N) is 1. The van der Waals surface area contributed by atoms with Crippen molar-refractivity contribution in [2.75, 3.05) is 5.32 Å². The molecule has 0 aliphatic heterocycles. The molecular weight excluding hydrogens is 362 g/mol. The summed E-state index contributed by atoms with van der Waals surface area (Å²) in [6.45, 7) is 3.76. The number of hydrogen-bond acceptors (Lipinski definition) is 3. The van der Waals surface area contributed by atoms with E-state index in [9.17, 15) is 13.6 Å². The number of pyridine rings is 2. The van der Waals surface area contributed by atoms with Crippen molar-refractivity contribution in [3.05, 3.63) is 93.8 Å². The number of aromatic nitrogens is 3. The number of anilines is 1. The van der Waals surface area contributed by atoms with Crippen molar-refractivity contribution in [3.63, 3.8) is 0 Å². The fourth-order valence-corrected chi connectivity index (χ4v) is 3.14. The zero-order valence-corrected chi connectivity index (χ0v) is 15.4.